The van der Waals surface area contributed by atoms with E-state index in [1.807, 2.05) is 19.1 Å². The molecule has 0 saturated carbocycles. The predicted octanol–water partition coefficient (Wildman–Crippen LogP) is 4.04. The molecule has 0 spiro atoms. The molecule has 1 atom stereocenters. The molecular formula is C17H16FN3OS. The first-order valence-corrected chi connectivity index (χ1v) is 7.92. The Kier molecular flexibility index (Phi) is 4.36. The number of methoxy groups -OCH3 is 1. The van der Waals surface area contributed by atoms with Crippen LogP contribution in [0.1, 0.15) is 17.8 Å². The summed E-state index contributed by atoms with van der Waals surface area (Å²) in [6.07, 6.45) is 3.43. The lowest BCUT2D eigenvalue weighted by atomic mass is 10.1. The number of hydrogen-bond donors (Lipinski definition) is 1. The van der Waals surface area contributed by atoms with Crippen LogP contribution in [0.4, 0.5) is 4.39 Å². The van der Waals surface area contributed by atoms with Gasteiger partial charge in [0, 0.05) is 34.4 Å². The summed E-state index contributed by atoms with van der Waals surface area (Å²) in [5.41, 5.74) is 8.32. The van der Waals surface area contributed by atoms with Crippen LogP contribution in [0.5, 0.6) is 5.75 Å². The highest BCUT2D eigenvalue weighted by Crippen LogP contribution is 2.40. The summed E-state index contributed by atoms with van der Waals surface area (Å²) in [7, 11) is 1.55. The van der Waals surface area contributed by atoms with Gasteiger partial charge in [0.1, 0.15) is 16.6 Å². The molecule has 2 aromatic heterocycles. The van der Waals surface area contributed by atoms with E-state index in [9.17, 15) is 4.39 Å². The maximum atomic E-state index is 13.7. The van der Waals surface area contributed by atoms with E-state index in [-0.39, 0.29) is 11.9 Å². The van der Waals surface area contributed by atoms with Crippen LogP contribution in [0, 0.1) is 5.82 Å². The molecule has 3 rings (SSSR count). The molecule has 0 aliphatic carbocycles. The summed E-state index contributed by atoms with van der Waals surface area (Å²) in [5.74, 6) is 0.231. The van der Waals surface area contributed by atoms with E-state index in [1.54, 1.807) is 25.6 Å². The van der Waals surface area contributed by atoms with E-state index in [0.717, 1.165) is 15.4 Å². The van der Waals surface area contributed by atoms with E-state index in [4.69, 9.17) is 10.5 Å². The molecule has 118 valence electrons. The Hall–Kier alpha value is -2.31. The van der Waals surface area contributed by atoms with Crippen molar-refractivity contribution in [3.05, 3.63) is 53.4 Å². The van der Waals surface area contributed by atoms with Gasteiger partial charge in [0.2, 0.25) is 0 Å². The predicted molar refractivity (Wildman–Crippen MR) is 89.9 cm³/mol. The molecule has 0 aliphatic rings. The van der Waals surface area contributed by atoms with Crippen molar-refractivity contribution >= 4 is 11.3 Å². The van der Waals surface area contributed by atoms with Gasteiger partial charge in [0.05, 0.1) is 12.8 Å². The van der Waals surface area contributed by atoms with Crippen molar-refractivity contribution in [2.45, 2.75) is 13.0 Å². The largest absolute Gasteiger partial charge is 0.496 e. The van der Waals surface area contributed by atoms with Crippen LogP contribution in [-0.2, 0) is 0 Å². The first kappa shape index (κ1) is 15.6. The topological polar surface area (TPSA) is 61.0 Å². The summed E-state index contributed by atoms with van der Waals surface area (Å²) in [4.78, 5) is 9.59. The van der Waals surface area contributed by atoms with Gasteiger partial charge in [-0.25, -0.2) is 9.37 Å². The van der Waals surface area contributed by atoms with Gasteiger partial charge in [-0.15, -0.1) is 11.3 Å². The lowest BCUT2D eigenvalue weighted by Crippen LogP contribution is -2.04. The zero-order chi connectivity index (χ0) is 16.4. The SMILES string of the molecule is COc1ccc(F)cc1-c1nc(-c2ccncc2)sc1C(C)N. The standard InChI is InChI=1S/C17H16FN3OS/c1-10(19)16-15(13-9-12(18)3-4-14(13)22-2)21-17(23-16)11-5-7-20-8-6-11/h3-10H,19H2,1-2H3. The molecule has 3 aromatic rings. The van der Waals surface area contributed by atoms with Crippen molar-refractivity contribution < 1.29 is 9.13 Å². The molecule has 1 unspecified atom stereocenters. The molecule has 0 amide bonds. The second kappa shape index (κ2) is 6.44. The second-order valence-electron chi connectivity index (χ2n) is 5.10. The molecule has 23 heavy (non-hydrogen) atoms. The van der Waals surface area contributed by atoms with Crippen LogP contribution in [0.25, 0.3) is 21.8 Å². The Morgan fingerprint density at radius 1 is 1.22 bits per heavy atom. The first-order valence-electron chi connectivity index (χ1n) is 7.10. The molecule has 2 heterocycles. The normalized spacial score (nSPS) is 12.2. The molecule has 0 aliphatic heterocycles. The molecule has 6 heteroatoms. The fourth-order valence-electron chi connectivity index (χ4n) is 2.32. The van der Waals surface area contributed by atoms with Gasteiger partial charge in [-0.2, -0.15) is 0 Å². The minimum absolute atomic E-state index is 0.217. The number of hydrogen-bond acceptors (Lipinski definition) is 5. The Morgan fingerprint density at radius 2 is 1.96 bits per heavy atom. The summed E-state index contributed by atoms with van der Waals surface area (Å²) in [5, 5.41) is 0.820. The Bertz CT molecular complexity index is 818. The van der Waals surface area contributed by atoms with Crippen LogP contribution >= 0.6 is 11.3 Å². The average molecular weight is 329 g/mol. The highest BCUT2D eigenvalue weighted by Gasteiger charge is 2.20. The van der Waals surface area contributed by atoms with Gasteiger partial charge in [-0.3, -0.25) is 4.98 Å². The number of halogens is 1. The summed E-state index contributed by atoms with van der Waals surface area (Å²) in [6, 6.07) is 7.94. The molecule has 0 saturated heterocycles. The van der Waals surface area contributed by atoms with E-state index in [2.05, 4.69) is 9.97 Å². The quantitative estimate of drug-likeness (QED) is 0.785. The number of pyridine rings is 1. The molecule has 2 N–H and O–H groups in total. The van der Waals surface area contributed by atoms with E-state index < -0.39 is 0 Å². The number of thiazole rings is 1. The van der Waals surface area contributed by atoms with Crippen LogP contribution in [0.2, 0.25) is 0 Å². The highest BCUT2D eigenvalue weighted by atomic mass is 32.1. The third-order valence-corrected chi connectivity index (χ3v) is 4.72. The second-order valence-corrected chi connectivity index (χ2v) is 6.13. The van der Waals surface area contributed by atoms with Gasteiger partial charge in [0.25, 0.3) is 0 Å². The number of aromatic nitrogens is 2. The van der Waals surface area contributed by atoms with E-state index in [1.165, 1.54) is 23.5 Å². The zero-order valence-electron chi connectivity index (χ0n) is 12.8. The van der Waals surface area contributed by atoms with E-state index >= 15 is 0 Å². The van der Waals surface area contributed by atoms with Crippen LogP contribution in [0.3, 0.4) is 0 Å². The van der Waals surface area contributed by atoms with Crippen LogP contribution in [0.15, 0.2) is 42.7 Å². The fourth-order valence-corrected chi connectivity index (χ4v) is 3.35. The highest BCUT2D eigenvalue weighted by molar-refractivity contribution is 7.15. The van der Waals surface area contributed by atoms with Crippen molar-refractivity contribution in [1.29, 1.82) is 0 Å². The fraction of sp³-hybridized carbons (Fsp3) is 0.176. The monoisotopic (exact) mass is 329 g/mol. The number of nitrogens with zero attached hydrogens (tertiary/aromatic N) is 2. The smallest absolute Gasteiger partial charge is 0.128 e. The number of rotatable bonds is 4. The minimum atomic E-state index is -0.338. The van der Waals surface area contributed by atoms with Crippen LogP contribution in [-0.4, -0.2) is 17.1 Å². The summed E-state index contributed by atoms with van der Waals surface area (Å²) >= 11 is 1.50. The Balaban J connectivity index is 2.19. The summed E-state index contributed by atoms with van der Waals surface area (Å²) < 4.78 is 19.1. The molecule has 1 aromatic carbocycles. The van der Waals surface area contributed by atoms with Crippen molar-refractivity contribution in [3.8, 4) is 27.6 Å². The zero-order valence-corrected chi connectivity index (χ0v) is 13.6. The molecule has 4 nitrogen and oxygen atoms in total. The van der Waals surface area contributed by atoms with Gasteiger partial charge < -0.3 is 10.5 Å². The van der Waals surface area contributed by atoms with Crippen molar-refractivity contribution in [2.75, 3.05) is 7.11 Å². The Morgan fingerprint density at radius 3 is 2.61 bits per heavy atom. The number of benzene rings is 1. The van der Waals surface area contributed by atoms with Gasteiger partial charge in [-0.05, 0) is 37.3 Å². The lowest BCUT2D eigenvalue weighted by Gasteiger charge is -2.10. The van der Waals surface area contributed by atoms with Gasteiger partial charge >= 0.3 is 0 Å². The maximum Gasteiger partial charge on any atom is 0.128 e. The third kappa shape index (κ3) is 3.09. The number of nitrogens with two attached hydrogens (primary N) is 1. The van der Waals surface area contributed by atoms with Gasteiger partial charge in [0.15, 0.2) is 0 Å². The molecule has 0 fully saturated rings. The number of ether oxygens (including phenoxy) is 1. The average Bonchev–Trinajstić information content (AvgIpc) is 3.01. The lowest BCUT2D eigenvalue weighted by molar-refractivity contribution is 0.415. The summed E-state index contributed by atoms with van der Waals surface area (Å²) in [6.45, 7) is 1.89. The van der Waals surface area contributed by atoms with E-state index in [0.29, 0.717) is 17.0 Å². The Labute approximate surface area is 137 Å². The van der Waals surface area contributed by atoms with Crippen molar-refractivity contribution in [3.63, 3.8) is 0 Å². The minimum Gasteiger partial charge on any atom is -0.496 e. The van der Waals surface area contributed by atoms with Gasteiger partial charge in [-0.1, -0.05) is 0 Å². The molecule has 0 bridgehead atoms. The van der Waals surface area contributed by atoms with Crippen molar-refractivity contribution in [2.24, 2.45) is 5.73 Å². The third-order valence-electron chi connectivity index (χ3n) is 3.41. The van der Waals surface area contributed by atoms with Crippen molar-refractivity contribution in [1.82, 2.24) is 9.97 Å². The maximum absolute atomic E-state index is 13.7. The van der Waals surface area contributed by atoms with Crippen LogP contribution < -0.4 is 10.5 Å². The molecule has 0 radical (unpaired) electrons. The first-order chi connectivity index (χ1) is 11.1. The molecular weight excluding hydrogens is 313 g/mol.